The fourth-order valence-corrected chi connectivity index (χ4v) is 3.31. The number of hydrogen-bond donors (Lipinski definition) is 1. The first-order valence-corrected chi connectivity index (χ1v) is 7.60. The molecule has 1 aliphatic heterocycles. The molecular formula is C16H20N2S. The van der Waals surface area contributed by atoms with E-state index < -0.39 is 0 Å². The highest BCUT2D eigenvalue weighted by Crippen LogP contribution is 2.29. The van der Waals surface area contributed by atoms with E-state index in [0.29, 0.717) is 0 Å². The van der Waals surface area contributed by atoms with Gasteiger partial charge in [-0.25, -0.2) is 0 Å². The van der Waals surface area contributed by atoms with Gasteiger partial charge in [-0.05, 0) is 36.7 Å². The third-order valence-corrected chi connectivity index (χ3v) is 4.41. The molecule has 0 radical (unpaired) electrons. The van der Waals surface area contributed by atoms with Gasteiger partial charge in [-0.15, -0.1) is 0 Å². The highest BCUT2D eigenvalue weighted by Gasteiger charge is 2.20. The summed E-state index contributed by atoms with van der Waals surface area (Å²) < 4.78 is 0. The van der Waals surface area contributed by atoms with E-state index in [0.717, 1.165) is 37.3 Å². The molecule has 1 aliphatic rings. The summed E-state index contributed by atoms with van der Waals surface area (Å²) in [7, 11) is 0. The van der Waals surface area contributed by atoms with Crippen LogP contribution >= 0.6 is 12.6 Å². The molecule has 0 saturated heterocycles. The van der Waals surface area contributed by atoms with Crippen molar-refractivity contribution in [1.82, 2.24) is 9.88 Å². The number of fused-ring (bicyclic) bond motifs is 2. The Balaban J connectivity index is 2.23. The van der Waals surface area contributed by atoms with Crippen molar-refractivity contribution in [2.24, 2.45) is 0 Å². The average Bonchev–Trinajstić information content (AvgIpc) is 2.44. The van der Waals surface area contributed by atoms with Crippen molar-refractivity contribution >= 4 is 23.5 Å². The van der Waals surface area contributed by atoms with Gasteiger partial charge in [0.05, 0.1) is 5.52 Å². The van der Waals surface area contributed by atoms with Crippen LogP contribution in [-0.4, -0.2) is 23.0 Å². The molecule has 0 unspecified atom stereocenters. The van der Waals surface area contributed by atoms with Gasteiger partial charge in [0.2, 0.25) is 0 Å². The number of benzene rings is 1. The van der Waals surface area contributed by atoms with Crippen LogP contribution in [0.5, 0.6) is 0 Å². The van der Waals surface area contributed by atoms with Crippen molar-refractivity contribution in [3.8, 4) is 0 Å². The van der Waals surface area contributed by atoms with Gasteiger partial charge >= 0.3 is 0 Å². The summed E-state index contributed by atoms with van der Waals surface area (Å²) >= 11 is 4.57. The zero-order valence-corrected chi connectivity index (χ0v) is 12.5. The minimum Gasteiger partial charge on any atom is -0.299 e. The fourth-order valence-electron chi connectivity index (χ4n) is 2.95. The normalized spacial score (nSPS) is 15.7. The molecule has 0 spiro atoms. The molecule has 1 aromatic heterocycles. The number of aromatic nitrogens is 1. The number of pyridine rings is 1. The third-order valence-electron chi connectivity index (χ3n) is 4.10. The van der Waals surface area contributed by atoms with Crippen LogP contribution in [0.2, 0.25) is 0 Å². The van der Waals surface area contributed by atoms with E-state index in [-0.39, 0.29) is 0 Å². The quantitative estimate of drug-likeness (QED) is 0.844. The van der Waals surface area contributed by atoms with E-state index in [1.54, 1.807) is 0 Å². The SMILES string of the molecule is CCN1CCc2nc3ccc(C)cc3c(CS)c2C1. The molecule has 3 rings (SSSR count). The minimum absolute atomic E-state index is 0.794. The molecule has 0 atom stereocenters. The minimum atomic E-state index is 0.794. The highest BCUT2D eigenvalue weighted by molar-refractivity contribution is 7.79. The molecule has 0 bridgehead atoms. The van der Waals surface area contributed by atoms with Gasteiger partial charge in [-0.3, -0.25) is 9.88 Å². The molecule has 0 amide bonds. The van der Waals surface area contributed by atoms with Crippen molar-refractivity contribution in [2.45, 2.75) is 32.6 Å². The predicted octanol–water partition coefficient (Wildman–Crippen LogP) is 3.35. The summed E-state index contributed by atoms with van der Waals surface area (Å²) in [4.78, 5) is 7.36. The van der Waals surface area contributed by atoms with Crippen LogP contribution in [0, 0.1) is 6.92 Å². The lowest BCUT2D eigenvalue weighted by atomic mass is 9.96. The topological polar surface area (TPSA) is 16.1 Å². The Labute approximate surface area is 120 Å². The zero-order chi connectivity index (χ0) is 13.4. The molecule has 2 nitrogen and oxygen atoms in total. The maximum Gasteiger partial charge on any atom is 0.0708 e. The Morgan fingerprint density at radius 2 is 2.21 bits per heavy atom. The van der Waals surface area contributed by atoms with Gasteiger partial charge in [0.25, 0.3) is 0 Å². The van der Waals surface area contributed by atoms with Crippen LogP contribution in [0.4, 0.5) is 0 Å². The molecule has 0 aliphatic carbocycles. The van der Waals surface area contributed by atoms with Gasteiger partial charge in [-0.1, -0.05) is 18.6 Å². The molecular weight excluding hydrogens is 252 g/mol. The zero-order valence-electron chi connectivity index (χ0n) is 11.6. The maximum absolute atomic E-state index is 4.87. The lowest BCUT2D eigenvalue weighted by Crippen LogP contribution is -2.31. The van der Waals surface area contributed by atoms with Crippen molar-refractivity contribution < 1.29 is 0 Å². The molecule has 19 heavy (non-hydrogen) atoms. The van der Waals surface area contributed by atoms with E-state index in [1.807, 2.05) is 0 Å². The van der Waals surface area contributed by atoms with E-state index >= 15 is 0 Å². The molecule has 2 heterocycles. The third kappa shape index (κ3) is 2.26. The van der Waals surface area contributed by atoms with Crippen molar-refractivity contribution in [1.29, 1.82) is 0 Å². The summed E-state index contributed by atoms with van der Waals surface area (Å²) in [6.07, 6.45) is 1.06. The van der Waals surface area contributed by atoms with Crippen LogP contribution in [0.1, 0.15) is 29.3 Å². The van der Waals surface area contributed by atoms with Gasteiger partial charge in [-0.2, -0.15) is 12.6 Å². The van der Waals surface area contributed by atoms with E-state index in [9.17, 15) is 0 Å². The van der Waals surface area contributed by atoms with Gasteiger partial charge in [0, 0.05) is 36.3 Å². The second kappa shape index (κ2) is 5.14. The second-order valence-electron chi connectivity index (χ2n) is 5.31. The Kier molecular flexibility index (Phi) is 3.50. The largest absolute Gasteiger partial charge is 0.299 e. The van der Waals surface area contributed by atoms with Crippen LogP contribution in [0.15, 0.2) is 18.2 Å². The molecule has 0 N–H and O–H groups in total. The van der Waals surface area contributed by atoms with Crippen LogP contribution in [-0.2, 0) is 18.7 Å². The summed E-state index contributed by atoms with van der Waals surface area (Å²) in [5.41, 5.74) is 6.50. The number of likely N-dealkylation sites (N-methyl/N-ethyl adjacent to an activating group) is 1. The maximum atomic E-state index is 4.87. The smallest absolute Gasteiger partial charge is 0.0708 e. The molecule has 2 aromatic rings. The Morgan fingerprint density at radius 1 is 1.37 bits per heavy atom. The summed E-state index contributed by atoms with van der Waals surface area (Å²) in [6, 6.07) is 6.54. The molecule has 0 saturated carbocycles. The Hall–Kier alpha value is -1.06. The van der Waals surface area contributed by atoms with Crippen LogP contribution in [0.25, 0.3) is 10.9 Å². The highest BCUT2D eigenvalue weighted by atomic mass is 32.1. The predicted molar refractivity (Wildman–Crippen MR) is 83.8 cm³/mol. The number of aryl methyl sites for hydroxylation is 1. The van der Waals surface area contributed by atoms with Gasteiger partial charge < -0.3 is 0 Å². The Bertz CT molecular complexity index is 622. The monoisotopic (exact) mass is 272 g/mol. The molecule has 0 fully saturated rings. The van der Waals surface area contributed by atoms with E-state index in [4.69, 9.17) is 4.98 Å². The second-order valence-corrected chi connectivity index (χ2v) is 5.63. The summed E-state index contributed by atoms with van der Waals surface area (Å²) in [6.45, 7) is 7.62. The lowest BCUT2D eigenvalue weighted by Gasteiger charge is -2.29. The van der Waals surface area contributed by atoms with Gasteiger partial charge in [0.15, 0.2) is 0 Å². The molecule has 100 valence electrons. The lowest BCUT2D eigenvalue weighted by molar-refractivity contribution is 0.265. The summed E-state index contributed by atoms with van der Waals surface area (Å²) in [5.74, 6) is 0.794. The van der Waals surface area contributed by atoms with Crippen molar-refractivity contribution in [3.63, 3.8) is 0 Å². The van der Waals surface area contributed by atoms with E-state index in [2.05, 4.69) is 49.6 Å². The number of nitrogens with zero attached hydrogens (tertiary/aromatic N) is 2. The van der Waals surface area contributed by atoms with Crippen molar-refractivity contribution in [3.05, 3.63) is 40.6 Å². The van der Waals surface area contributed by atoms with Crippen LogP contribution < -0.4 is 0 Å². The summed E-state index contributed by atoms with van der Waals surface area (Å²) in [5, 5.41) is 1.28. The average molecular weight is 272 g/mol. The Morgan fingerprint density at radius 3 is 2.95 bits per heavy atom. The number of thiol groups is 1. The van der Waals surface area contributed by atoms with Gasteiger partial charge in [0.1, 0.15) is 0 Å². The molecule has 1 aromatic carbocycles. The first-order chi connectivity index (χ1) is 9.22. The number of hydrogen-bond acceptors (Lipinski definition) is 3. The van der Waals surface area contributed by atoms with Crippen LogP contribution in [0.3, 0.4) is 0 Å². The standard InChI is InChI=1S/C16H20N2S/c1-3-18-7-6-16-13(9-18)14(10-19)12-8-11(2)4-5-15(12)17-16/h4-5,8,19H,3,6-7,9-10H2,1-2H3. The first kappa shape index (κ1) is 12.9. The fraction of sp³-hybridized carbons (Fsp3) is 0.438. The molecule has 3 heteroatoms. The van der Waals surface area contributed by atoms with Crippen molar-refractivity contribution in [2.75, 3.05) is 13.1 Å². The number of rotatable bonds is 2. The van der Waals surface area contributed by atoms with E-state index in [1.165, 1.54) is 27.8 Å². The first-order valence-electron chi connectivity index (χ1n) is 6.97.